The van der Waals surface area contributed by atoms with Crippen LogP contribution in [0, 0.1) is 5.92 Å². The van der Waals surface area contributed by atoms with Gasteiger partial charge in [-0.2, -0.15) is 0 Å². The van der Waals surface area contributed by atoms with Crippen LogP contribution in [0.3, 0.4) is 0 Å². The van der Waals surface area contributed by atoms with Gasteiger partial charge in [-0.3, -0.25) is 4.79 Å². The van der Waals surface area contributed by atoms with Crippen LogP contribution in [0.15, 0.2) is 60.7 Å². The summed E-state index contributed by atoms with van der Waals surface area (Å²) in [5, 5.41) is 18.5. The highest BCUT2D eigenvalue weighted by Crippen LogP contribution is 2.32. The first-order chi connectivity index (χ1) is 17.3. The van der Waals surface area contributed by atoms with Gasteiger partial charge in [0.2, 0.25) is 12.7 Å². The number of carbonyl (C=O) groups is 3. The van der Waals surface area contributed by atoms with E-state index in [9.17, 15) is 14.4 Å². The predicted octanol–water partition coefficient (Wildman–Crippen LogP) is 5.37. The Kier molecular flexibility index (Phi) is 15.5. The number of hydrogen-bond acceptors (Lipinski definition) is 5. The van der Waals surface area contributed by atoms with Crippen molar-refractivity contribution in [3.63, 3.8) is 0 Å². The van der Waals surface area contributed by atoms with Crippen LogP contribution in [-0.4, -0.2) is 41.4 Å². The van der Waals surface area contributed by atoms with Crippen LogP contribution in [-0.2, 0) is 14.4 Å². The Morgan fingerprint density at radius 3 is 2.17 bits per heavy atom. The van der Waals surface area contributed by atoms with Gasteiger partial charge in [0.1, 0.15) is 0 Å². The third-order valence-electron chi connectivity index (χ3n) is 4.75. The number of nitrogens with one attached hydrogen (secondary N) is 1. The zero-order valence-electron chi connectivity index (χ0n) is 21.0. The second kappa shape index (κ2) is 18.5. The molecule has 2 rings (SSSR count). The molecule has 8 nitrogen and oxygen atoms in total. The van der Waals surface area contributed by atoms with E-state index in [1.54, 1.807) is 6.08 Å². The summed E-state index contributed by atoms with van der Waals surface area (Å²) in [6.07, 6.45) is 20.0. The normalized spacial score (nSPS) is 12.5. The molecule has 1 amide bonds. The minimum Gasteiger partial charge on any atom is -0.478 e. The van der Waals surface area contributed by atoms with Gasteiger partial charge in [-0.05, 0) is 49.3 Å². The first-order valence-electron chi connectivity index (χ1n) is 12.1. The lowest BCUT2D eigenvalue weighted by atomic mass is 10.1. The minimum absolute atomic E-state index is 0.0212. The molecule has 1 aromatic rings. The van der Waals surface area contributed by atoms with Gasteiger partial charge in [0, 0.05) is 24.8 Å². The molecule has 8 heteroatoms. The second-order valence-electron chi connectivity index (χ2n) is 8.44. The Hall–Kier alpha value is -3.81. The zero-order chi connectivity index (χ0) is 26.6. The van der Waals surface area contributed by atoms with Crippen molar-refractivity contribution in [2.45, 2.75) is 52.4 Å². The fraction of sp³-hybridized carbons (Fsp3) is 0.393. The molecule has 0 atom stereocenters. The number of hydrogen-bond donors (Lipinski definition) is 3. The first-order valence-corrected chi connectivity index (χ1v) is 12.1. The molecule has 0 saturated heterocycles. The molecule has 1 heterocycles. The van der Waals surface area contributed by atoms with Crippen molar-refractivity contribution in [3.8, 4) is 11.5 Å². The van der Waals surface area contributed by atoms with Crippen LogP contribution in [0.1, 0.15) is 57.9 Å². The Balaban J connectivity index is 0.000000697. The summed E-state index contributed by atoms with van der Waals surface area (Å²) in [5.74, 6) is -0.392. The van der Waals surface area contributed by atoms with E-state index in [-0.39, 0.29) is 5.91 Å². The smallest absolute Gasteiger partial charge is 0.328 e. The number of rotatable bonds is 14. The fourth-order valence-corrected chi connectivity index (χ4v) is 2.94. The Bertz CT molecular complexity index is 929. The van der Waals surface area contributed by atoms with Crippen molar-refractivity contribution in [1.82, 2.24) is 5.32 Å². The molecule has 1 aliphatic rings. The lowest BCUT2D eigenvalue weighted by Crippen LogP contribution is -2.25. The number of carboxylic acid groups (broad SMARTS) is 2. The molecular formula is C28H37NO7. The number of carboxylic acids is 2. The van der Waals surface area contributed by atoms with Gasteiger partial charge in [-0.25, -0.2) is 9.59 Å². The van der Waals surface area contributed by atoms with Gasteiger partial charge in [0.25, 0.3) is 0 Å². The topological polar surface area (TPSA) is 122 Å². The minimum atomic E-state index is -1.26. The van der Waals surface area contributed by atoms with Gasteiger partial charge < -0.3 is 25.0 Å². The highest BCUT2D eigenvalue weighted by molar-refractivity contribution is 5.89. The molecular weight excluding hydrogens is 462 g/mol. The summed E-state index contributed by atoms with van der Waals surface area (Å²) < 4.78 is 10.7. The van der Waals surface area contributed by atoms with E-state index in [1.165, 1.54) is 25.7 Å². The van der Waals surface area contributed by atoms with E-state index < -0.39 is 11.9 Å². The quantitative estimate of drug-likeness (QED) is 0.179. The molecule has 0 spiro atoms. The highest BCUT2D eigenvalue weighted by Gasteiger charge is 2.11. The number of amides is 1. The molecule has 1 aromatic carbocycles. The summed E-state index contributed by atoms with van der Waals surface area (Å²) in [6, 6.07) is 6.04. The predicted molar refractivity (Wildman–Crippen MR) is 140 cm³/mol. The summed E-state index contributed by atoms with van der Waals surface area (Å²) >= 11 is 0. The molecule has 0 unspecified atom stereocenters. The van der Waals surface area contributed by atoms with Crippen LogP contribution in [0.2, 0.25) is 0 Å². The monoisotopic (exact) mass is 499 g/mol. The van der Waals surface area contributed by atoms with E-state index in [4.69, 9.17) is 19.7 Å². The van der Waals surface area contributed by atoms with Gasteiger partial charge in [-0.15, -0.1) is 0 Å². The number of unbranched alkanes of at least 4 members (excludes halogenated alkanes) is 5. The van der Waals surface area contributed by atoms with E-state index >= 15 is 0 Å². The van der Waals surface area contributed by atoms with Crippen molar-refractivity contribution < 1.29 is 34.1 Å². The summed E-state index contributed by atoms with van der Waals surface area (Å²) in [6.45, 7) is 5.21. The largest absolute Gasteiger partial charge is 0.478 e. The molecule has 0 aliphatic carbocycles. The fourth-order valence-electron chi connectivity index (χ4n) is 2.94. The number of carbonyl (C=O) groups excluding carboxylic acids is 1. The molecule has 3 N–H and O–H groups in total. The van der Waals surface area contributed by atoms with Crippen LogP contribution in [0.4, 0.5) is 0 Å². The van der Waals surface area contributed by atoms with Crippen molar-refractivity contribution in [2.24, 2.45) is 5.92 Å². The average Bonchev–Trinajstić information content (AvgIpc) is 3.30. The molecule has 0 radical (unpaired) electrons. The van der Waals surface area contributed by atoms with Crippen molar-refractivity contribution >= 4 is 23.9 Å². The van der Waals surface area contributed by atoms with E-state index in [0.29, 0.717) is 24.9 Å². The number of benzene rings is 1. The Morgan fingerprint density at radius 1 is 0.889 bits per heavy atom. The lowest BCUT2D eigenvalue weighted by Gasteiger charge is -2.03. The van der Waals surface area contributed by atoms with Crippen molar-refractivity contribution in [2.75, 3.05) is 13.3 Å². The molecule has 0 aromatic heterocycles. The third-order valence-corrected chi connectivity index (χ3v) is 4.75. The second-order valence-corrected chi connectivity index (χ2v) is 8.44. The number of ether oxygens (including phenoxy) is 2. The number of fused-ring (bicyclic) bond motifs is 1. The van der Waals surface area contributed by atoms with E-state index in [1.807, 2.05) is 24.3 Å². The Morgan fingerprint density at radius 2 is 1.53 bits per heavy atom. The summed E-state index contributed by atoms with van der Waals surface area (Å²) in [5.41, 5.74) is 1.15. The van der Waals surface area contributed by atoms with Gasteiger partial charge in [0.15, 0.2) is 11.5 Å². The molecule has 36 heavy (non-hydrogen) atoms. The summed E-state index contributed by atoms with van der Waals surface area (Å²) in [4.78, 5) is 30.6. The van der Waals surface area contributed by atoms with Crippen molar-refractivity contribution in [3.05, 3.63) is 66.3 Å². The maximum atomic E-state index is 11.5. The highest BCUT2D eigenvalue weighted by atomic mass is 16.7. The van der Waals surface area contributed by atoms with Crippen molar-refractivity contribution in [1.29, 1.82) is 0 Å². The average molecular weight is 500 g/mol. The molecule has 1 aliphatic heterocycles. The van der Waals surface area contributed by atoms with Crippen LogP contribution in [0.25, 0.3) is 6.08 Å². The maximum Gasteiger partial charge on any atom is 0.328 e. The van der Waals surface area contributed by atoms with Crippen LogP contribution >= 0.6 is 0 Å². The van der Waals surface area contributed by atoms with Gasteiger partial charge in [0.05, 0.1) is 0 Å². The standard InChI is InChI=1S/C24H33NO3.C4H4O4/c1-20(2)18-25-24(26)14-12-10-8-6-4-3-5-7-9-11-13-21-15-16-22-23(17-21)28-19-27-22;5-3(6)1-2-4(7)8/h8,10-17,20H,3-7,9,18-19H2,1-2H3,(H,25,26);1-2H,(H,5,6)(H,7,8)/b10-8+,13-11+,14-12+;2-1+. The molecule has 0 bridgehead atoms. The van der Waals surface area contributed by atoms with Gasteiger partial charge >= 0.3 is 11.9 Å². The maximum absolute atomic E-state index is 11.5. The molecule has 0 saturated carbocycles. The SMILES string of the molecule is CC(C)CNC(=O)/C=C/C=C/CCCCCC/C=C/c1ccc2c(c1)OCO2.O=C(O)/C=C/C(=O)O. The van der Waals surface area contributed by atoms with Gasteiger partial charge in [-0.1, -0.05) is 63.1 Å². The molecule has 0 fully saturated rings. The molecule has 196 valence electrons. The first kappa shape index (κ1) is 30.2. The van der Waals surface area contributed by atoms with E-state index in [2.05, 4.69) is 43.5 Å². The lowest BCUT2D eigenvalue weighted by molar-refractivity contribution is -0.134. The zero-order valence-corrected chi connectivity index (χ0v) is 21.0. The van der Waals surface area contributed by atoms with Crippen LogP contribution in [0.5, 0.6) is 11.5 Å². The summed E-state index contributed by atoms with van der Waals surface area (Å²) in [7, 11) is 0. The number of allylic oxidation sites excluding steroid dienone is 4. The third kappa shape index (κ3) is 15.9. The van der Waals surface area contributed by atoms with E-state index in [0.717, 1.165) is 36.4 Å². The Labute approximate surface area is 213 Å². The van der Waals surface area contributed by atoms with Crippen LogP contribution < -0.4 is 14.8 Å². The number of aliphatic carboxylic acids is 2.